The van der Waals surface area contributed by atoms with Crippen molar-refractivity contribution in [3.63, 3.8) is 0 Å². The number of benzene rings is 1. The van der Waals surface area contributed by atoms with Crippen LogP contribution >= 0.6 is 25.8 Å². The summed E-state index contributed by atoms with van der Waals surface area (Å²) in [5, 5.41) is 0. The van der Waals surface area contributed by atoms with E-state index in [9.17, 15) is 0 Å². The zero-order valence-corrected chi connectivity index (χ0v) is 11.8. The number of hydrogen-bond donors (Lipinski definition) is 0. The maximum atomic E-state index is 3.79. The lowest BCUT2D eigenvalue weighted by Gasteiger charge is -1.94. The van der Waals surface area contributed by atoms with Crippen LogP contribution in [-0.4, -0.2) is 16.0 Å². The maximum Gasteiger partial charge on any atom is 0.560 e. The predicted molar refractivity (Wildman–Crippen MR) is 63.8 cm³/mol. The van der Waals surface area contributed by atoms with Gasteiger partial charge in [0.2, 0.25) is 0 Å². The average Bonchev–Trinajstić information content (AvgIpc) is 2.07. The van der Waals surface area contributed by atoms with Gasteiger partial charge in [-0.25, -0.2) is 0 Å². The van der Waals surface area contributed by atoms with Crippen LogP contribution in [-0.2, 0) is 6.42 Å². The van der Waals surface area contributed by atoms with E-state index in [1.165, 1.54) is 11.1 Å². The fraction of sp³-hybridized carbons (Fsp3) is 0.222. The lowest BCUT2D eigenvalue weighted by atomic mass is 10.1. The first kappa shape index (κ1) is 12.9. The molecule has 0 bridgehead atoms. The van der Waals surface area contributed by atoms with Crippen LogP contribution in [0.2, 0.25) is 0 Å². The lowest BCUT2D eigenvalue weighted by Crippen LogP contribution is -1.78. The maximum absolute atomic E-state index is 3.79. The van der Waals surface area contributed by atoms with Crippen molar-refractivity contribution in [1.29, 1.82) is 0 Å². The third kappa shape index (κ3) is 6.46. The second-order valence-electron chi connectivity index (χ2n) is 2.34. The van der Waals surface area contributed by atoms with Crippen LogP contribution in [0, 0.1) is 13.8 Å². The largest absolute Gasteiger partial charge is 0.560 e. The molecule has 0 aromatic heterocycles. The van der Waals surface area contributed by atoms with E-state index in [4.69, 9.17) is 0 Å². The second-order valence-corrected chi connectivity index (χ2v) is 10.4. The van der Waals surface area contributed by atoms with E-state index >= 15 is 0 Å². The van der Waals surface area contributed by atoms with Gasteiger partial charge in [-0.1, -0.05) is 29.8 Å². The summed E-state index contributed by atoms with van der Waals surface area (Å²) in [6.45, 7) is 5.88. The summed E-state index contributed by atoms with van der Waals surface area (Å²) < 4.78 is 0. The zero-order valence-electron chi connectivity index (χ0n) is 7.19. The summed E-state index contributed by atoms with van der Waals surface area (Å²) in [6, 6.07) is 8.45. The van der Waals surface area contributed by atoms with Gasteiger partial charge in [-0.05, 0) is 25.8 Å². The average molecular weight is 303 g/mol. The molecular formula is C9H11Br2Mg. The van der Waals surface area contributed by atoms with Crippen molar-refractivity contribution in [3.05, 3.63) is 42.3 Å². The minimum Gasteiger partial charge on any atom is -0.280 e. The molecule has 0 atom stereocenters. The Morgan fingerprint density at radius 2 is 1.67 bits per heavy atom. The van der Waals surface area contributed by atoms with Crippen molar-refractivity contribution in [3.8, 4) is 0 Å². The van der Waals surface area contributed by atoms with Crippen LogP contribution in [0.25, 0.3) is 0 Å². The second kappa shape index (κ2) is 8.54. The molecule has 0 aliphatic carbocycles. The van der Waals surface area contributed by atoms with Gasteiger partial charge < -0.3 is 0 Å². The summed E-state index contributed by atoms with van der Waals surface area (Å²) in [5.41, 5.74) is 2.62. The Kier molecular flexibility index (Phi) is 9.21. The van der Waals surface area contributed by atoms with Crippen molar-refractivity contribution >= 4 is 41.8 Å². The highest BCUT2D eigenvalue weighted by Gasteiger charge is 1.84. The van der Waals surface area contributed by atoms with Gasteiger partial charge in [-0.15, -0.1) is 0 Å². The van der Waals surface area contributed by atoms with Crippen molar-refractivity contribution in [2.75, 3.05) is 0 Å². The van der Waals surface area contributed by atoms with Crippen LogP contribution in [0.3, 0.4) is 0 Å². The fourth-order valence-corrected chi connectivity index (χ4v) is 0.755. The van der Waals surface area contributed by atoms with Gasteiger partial charge in [0.15, 0.2) is 0 Å². The Balaban J connectivity index is 0.000000354. The Morgan fingerprint density at radius 1 is 1.25 bits per heavy atom. The molecule has 0 unspecified atom stereocenters. The SMILES string of the molecule is [Br][Mg][Br].[CH2]Cc1ccc(C)cc1. The van der Waals surface area contributed by atoms with E-state index in [-0.39, 0.29) is 16.0 Å². The Labute approximate surface area is 96.6 Å². The molecule has 63 valence electrons. The number of aryl methyl sites for hydroxylation is 1. The number of rotatable bonds is 1. The van der Waals surface area contributed by atoms with Crippen LogP contribution in [0.5, 0.6) is 0 Å². The van der Waals surface area contributed by atoms with E-state index < -0.39 is 0 Å². The first-order valence-electron chi connectivity index (χ1n) is 3.71. The fourth-order valence-electron chi connectivity index (χ4n) is 0.755. The van der Waals surface area contributed by atoms with E-state index in [0.717, 1.165) is 6.42 Å². The molecule has 1 aromatic carbocycles. The quantitative estimate of drug-likeness (QED) is 0.694. The van der Waals surface area contributed by atoms with Gasteiger partial charge in [-0.3, -0.25) is 25.8 Å². The highest BCUT2D eigenvalue weighted by Crippen LogP contribution is 2.02. The molecule has 0 amide bonds. The van der Waals surface area contributed by atoms with Crippen LogP contribution in [0.1, 0.15) is 11.1 Å². The van der Waals surface area contributed by atoms with E-state index in [1.54, 1.807) is 0 Å². The van der Waals surface area contributed by atoms with E-state index in [0.29, 0.717) is 0 Å². The first-order chi connectivity index (χ1) is 5.74. The van der Waals surface area contributed by atoms with Crippen LogP contribution in [0.15, 0.2) is 24.3 Å². The van der Waals surface area contributed by atoms with E-state index in [2.05, 4.69) is 63.9 Å². The normalized spacial score (nSPS) is 8.00. The van der Waals surface area contributed by atoms with Crippen LogP contribution in [0.4, 0.5) is 0 Å². The van der Waals surface area contributed by atoms with Gasteiger partial charge in [0.25, 0.3) is 0 Å². The molecule has 0 fully saturated rings. The third-order valence-electron chi connectivity index (χ3n) is 1.41. The van der Waals surface area contributed by atoms with Crippen LogP contribution < -0.4 is 0 Å². The molecule has 0 heterocycles. The third-order valence-corrected chi connectivity index (χ3v) is 1.41. The molecule has 1 rings (SSSR count). The molecule has 1 aromatic rings. The summed E-state index contributed by atoms with van der Waals surface area (Å²) >= 11 is 6.44. The monoisotopic (exact) mass is 301 g/mol. The predicted octanol–water partition coefficient (Wildman–Crippen LogP) is 3.68. The summed E-state index contributed by atoms with van der Waals surface area (Å²) in [7, 11) is 0. The summed E-state index contributed by atoms with van der Waals surface area (Å²) in [6.07, 6.45) is 0.889. The summed E-state index contributed by atoms with van der Waals surface area (Å²) in [4.78, 5) is 0. The first-order valence-corrected chi connectivity index (χ1v) is 11.5. The van der Waals surface area contributed by atoms with Crippen molar-refractivity contribution in [2.24, 2.45) is 0 Å². The molecule has 3 heteroatoms. The highest BCUT2D eigenvalue weighted by molar-refractivity contribution is 9.47. The minimum absolute atomic E-state index is 0.0417. The molecule has 0 aliphatic heterocycles. The molecule has 12 heavy (non-hydrogen) atoms. The standard InChI is InChI=1S/C9H11.2BrH.Mg/c1-3-9-6-4-8(2)5-7-9;;;/h4-7H,1,3H2,2H3;2*1H;/q;;;+2/p-2. The Bertz CT molecular complexity index is 196. The number of halogens is 2. The lowest BCUT2D eigenvalue weighted by molar-refractivity contribution is 1.26. The Morgan fingerprint density at radius 3 is 2.00 bits per heavy atom. The van der Waals surface area contributed by atoms with Gasteiger partial charge in [0.05, 0.1) is 0 Å². The molecular weight excluding hydrogens is 292 g/mol. The number of hydrogen-bond acceptors (Lipinski definition) is 0. The van der Waals surface area contributed by atoms with Gasteiger partial charge in [0, 0.05) is 0 Å². The highest BCUT2D eigenvalue weighted by atomic mass is 79.9. The topological polar surface area (TPSA) is 0 Å². The molecule has 0 saturated carbocycles. The molecule has 0 saturated heterocycles. The summed E-state index contributed by atoms with van der Waals surface area (Å²) in [5.74, 6) is 0. The van der Waals surface area contributed by atoms with Gasteiger partial charge in [-0.2, -0.15) is 0 Å². The molecule has 1 radical (unpaired) electrons. The van der Waals surface area contributed by atoms with Crippen molar-refractivity contribution in [1.82, 2.24) is 0 Å². The Hall–Kier alpha value is 0.946. The molecule has 0 aliphatic rings. The van der Waals surface area contributed by atoms with Gasteiger partial charge in [0.1, 0.15) is 0 Å². The zero-order chi connectivity index (χ0) is 9.40. The van der Waals surface area contributed by atoms with Gasteiger partial charge >= 0.3 is 16.0 Å². The van der Waals surface area contributed by atoms with Crippen molar-refractivity contribution in [2.45, 2.75) is 13.3 Å². The molecule has 0 N–H and O–H groups in total. The smallest absolute Gasteiger partial charge is 0.280 e. The molecule has 0 nitrogen and oxygen atoms in total. The minimum atomic E-state index is 0.0417. The van der Waals surface area contributed by atoms with Crippen molar-refractivity contribution < 1.29 is 0 Å². The van der Waals surface area contributed by atoms with E-state index in [1.807, 2.05) is 0 Å². The molecule has 0 spiro atoms.